The third-order valence-electron chi connectivity index (χ3n) is 5.14. The summed E-state index contributed by atoms with van der Waals surface area (Å²) in [6, 6.07) is 7.96. The van der Waals surface area contributed by atoms with Gasteiger partial charge in [0.05, 0.1) is 6.54 Å². The Morgan fingerprint density at radius 2 is 2.09 bits per heavy atom. The summed E-state index contributed by atoms with van der Waals surface area (Å²) in [5.41, 5.74) is 2.28. The fourth-order valence-electron chi connectivity index (χ4n) is 3.62. The van der Waals surface area contributed by atoms with Crippen LogP contribution in [0.25, 0.3) is 0 Å². The van der Waals surface area contributed by atoms with E-state index in [0.717, 1.165) is 43.6 Å². The molecule has 4 rings (SSSR count). The van der Waals surface area contributed by atoms with E-state index in [1.54, 1.807) is 11.0 Å². The standard InChI is InChI=1S/C17H21N5O/c23-16(15-9-17(15)5-7-18-8-6-17)21-14-3-1-13(2-4-14)10-22-12-19-11-20-22/h1-4,11-12,15,18H,5-10H2,(H,21,23). The van der Waals surface area contributed by atoms with Crippen LogP contribution in [0, 0.1) is 11.3 Å². The molecule has 1 aliphatic carbocycles. The lowest BCUT2D eigenvalue weighted by molar-refractivity contribution is -0.118. The number of carbonyl (C=O) groups is 1. The summed E-state index contributed by atoms with van der Waals surface area (Å²) in [7, 11) is 0. The molecule has 1 spiro atoms. The second-order valence-corrected chi connectivity index (χ2v) is 6.65. The lowest BCUT2D eigenvalue weighted by Gasteiger charge is -2.23. The lowest BCUT2D eigenvalue weighted by atomic mass is 9.92. The van der Waals surface area contributed by atoms with Gasteiger partial charge in [0.25, 0.3) is 0 Å². The largest absolute Gasteiger partial charge is 0.326 e. The highest BCUT2D eigenvalue weighted by Crippen LogP contribution is 2.58. The van der Waals surface area contributed by atoms with Crippen molar-refractivity contribution in [1.82, 2.24) is 20.1 Å². The Labute approximate surface area is 135 Å². The summed E-state index contributed by atoms with van der Waals surface area (Å²) >= 11 is 0. The van der Waals surface area contributed by atoms with Crippen LogP contribution in [-0.4, -0.2) is 33.8 Å². The molecule has 1 aromatic carbocycles. The molecule has 1 aromatic heterocycles. The van der Waals surface area contributed by atoms with Gasteiger partial charge in [-0.1, -0.05) is 12.1 Å². The van der Waals surface area contributed by atoms with E-state index in [1.807, 2.05) is 24.3 Å². The van der Waals surface area contributed by atoms with Gasteiger partial charge in [0.2, 0.25) is 5.91 Å². The molecule has 23 heavy (non-hydrogen) atoms. The molecule has 1 amide bonds. The highest BCUT2D eigenvalue weighted by Gasteiger charge is 2.57. The Kier molecular flexibility index (Phi) is 3.61. The number of nitrogens with one attached hydrogen (secondary N) is 2. The van der Waals surface area contributed by atoms with Gasteiger partial charge in [0, 0.05) is 11.6 Å². The second kappa shape index (κ2) is 5.77. The van der Waals surface area contributed by atoms with Gasteiger partial charge in [0.1, 0.15) is 12.7 Å². The molecule has 1 unspecified atom stereocenters. The molecule has 2 N–H and O–H groups in total. The van der Waals surface area contributed by atoms with Gasteiger partial charge in [-0.2, -0.15) is 5.10 Å². The van der Waals surface area contributed by atoms with E-state index in [4.69, 9.17) is 0 Å². The van der Waals surface area contributed by atoms with Crippen LogP contribution >= 0.6 is 0 Å². The smallest absolute Gasteiger partial charge is 0.228 e. The van der Waals surface area contributed by atoms with E-state index >= 15 is 0 Å². The number of anilines is 1. The third kappa shape index (κ3) is 2.99. The van der Waals surface area contributed by atoms with Crippen LogP contribution in [0.2, 0.25) is 0 Å². The number of aromatic nitrogens is 3. The predicted octanol–water partition coefficient (Wildman–Crippen LogP) is 1.65. The van der Waals surface area contributed by atoms with Crippen molar-refractivity contribution in [2.24, 2.45) is 11.3 Å². The van der Waals surface area contributed by atoms with E-state index in [9.17, 15) is 4.79 Å². The first-order valence-corrected chi connectivity index (χ1v) is 8.18. The van der Waals surface area contributed by atoms with Crippen molar-refractivity contribution in [3.63, 3.8) is 0 Å². The Morgan fingerprint density at radius 3 is 2.78 bits per heavy atom. The third-order valence-corrected chi connectivity index (χ3v) is 5.14. The first kappa shape index (κ1) is 14.4. The van der Waals surface area contributed by atoms with Crippen LogP contribution in [0.5, 0.6) is 0 Å². The van der Waals surface area contributed by atoms with Crippen LogP contribution in [-0.2, 0) is 11.3 Å². The fourth-order valence-corrected chi connectivity index (χ4v) is 3.62. The van der Waals surface area contributed by atoms with E-state index in [2.05, 4.69) is 20.7 Å². The Bertz CT molecular complexity index is 674. The van der Waals surface area contributed by atoms with Crippen LogP contribution in [0.15, 0.2) is 36.9 Å². The molecule has 0 radical (unpaired) electrons. The molecule has 1 saturated heterocycles. The minimum Gasteiger partial charge on any atom is -0.326 e. The summed E-state index contributed by atoms with van der Waals surface area (Å²) in [5.74, 6) is 0.371. The maximum absolute atomic E-state index is 12.4. The number of hydrogen-bond donors (Lipinski definition) is 2. The van der Waals surface area contributed by atoms with Gasteiger partial charge >= 0.3 is 0 Å². The van der Waals surface area contributed by atoms with Crippen molar-refractivity contribution in [2.75, 3.05) is 18.4 Å². The van der Waals surface area contributed by atoms with Crippen LogP contribution < -0.4 is 10.6 Å². The fraction of sp³-hybridized carbons (Fsp3) is 0.471. The van der Waals surface area contributed by atoms with Gasteiger partial charge in [-0.25, -0.2) is 9.67 Å². The Hall–Kier alpha value is -2.21. The number of rotatable bonds is 4. The topological polar surface area (TPSA) is 71.8 Å². The molecule has 2 aliphatic rings. The zero-order valence-corrected chi connectivity index (χ0v) is 13.0. The zero-order chi connectivity index (χ0) is 15.7. The summed E-state index contributed by atoms with van der Waals surface area (Å²) in [6.45, 7) is 2.77. The molecular formula is C17H21N5O. The average molecular weight is 311 g/mol. The van der Waals surface area contributed by atoms with E-state index in [0.29, 0.717) is 6.54 Å². The lowest BCUT2D eigenvalue weighted by Crippen LogP contribution is -2.31. The molecule has 2 aromatic rings. The molecule has 0 bridgehead atoms. The van der Waals surface area contributed by atoms with Gasteiger partial charge in [-0.3, -0.25) is 4.79 Å². The van der Waals surface area contributed by atoms with Crippen molar-refractivity contribution in [3.05, 3.63) is 42.5 Å². The summed E-state index contributed by atoms with van der Waals surface area (Å²) < 4.78 is 1.78. The molecule has 1 atom stereocenters. The molecule has 2 heterocycles. The minimum atomic E-state index is 0.177. The maximum Gasteiger partial charge on any atom is 0.228 e. The first-order chi connectivity index (χ1) is 11.3. The van der Waals surface area contributed by atoms with Gasteiger partial charge in [-0.15, -0.1) is 0 Å². The summed E-state index contributed by atoms with van der Waals surface area (Å²) in [5, 5.41) is 10.5. The summed E-state index contributed by atoms with van der Waals surface area (Å²) in [6.07, 6.45) is 6.52. The van der Waals surface area contributed by atoms with E-state index in [-0.39, 0.29) is 17.2 Å². The van der Waals surface area contributed by atoms with Crippen LogP contribution in [0.1, 0.15) is 24.8 Å². The highest BCUT2D eigenvalue weighted by atomic mass is 16.2. The SMILES string of the molecule is O=C(Nc1ccc(Cn2cncn2)cc1)C1CC12CCNCC2. The first-order valence-electron chi connectivity index (χ1n) is 8.18. The average Bonchev–Trinajstić information content (AvgIpc) is 3.02. The quantitative estimate of drug-likeness (QED) is 0.901. The number of benzene rings is 1. The van der Waals surface area contributed by atoms with Gasteiger partial charge in [0.15, 0.2) is 0 Å². The monoisotopic (exact) mass is 311 g/mol. The number of amides is 1. The molecule has 6 heteroatoms. The molecule has 1 aliphatic heterocycles. The predicted molar refractivity (Wildman–Crippen MR) is 86.8 cm³/mol. The molecular weight excluding hydrogens is 290 g/mol. The maximum atomic E-state index is 12.4. The molecule has 120 valence electrons. The van der Waals surface area contributed by atoms with Crippen molar-refractivity contribution in [3.8, 4) is 0 Å². The molecule has 6 nitrogen and oxygen atoms in total. The van der Waals surface area contributed by atoms with Crippen molar-refractivity contribution in [2.45, 2.75) is 25.8 Å². The summed E-state index contributed by atoms with van der Waals surface area (Å²) in [4.78, 5) is 16.4. The minimum absolute atomic E-state index is 0.177. The molecule has 2 fully saturated rings. The number of carbonyl (C=O) groups excluding carboxylic acids is 1. The number of nitrogens with zero attached hydrogens (tertiary/aromatic N) is 3. The van der Waals surface area contributed by atoms with E-state index in [1.165, 1.54) is 6.33 Å². The normalized spacial score (nSPS) is 22.0. The van der Waals surface area contributed by atoms with Gasteiger partial charge in [-0.05, 0) is 55.5 Å². The highest BCUT2D eigenvalue weighted by molar-refractivity contribution is 5.95. The van der Waals surface area contributed by atoms with Crippen molar-refractivity contribution >= 4 is 11.6 Å². The second-order valence-electron chi connectivity index (χ2n) is 6.65. The van der Waals surface area contributed by atoms with Crippen LogP contribution in [0.3, 0.4) is 0 Å². The number of piperidine rings is 1. The molecule has 1 saturated carbocycles. The van der Waals surface area contributed by atoms with E-state index < -0.39 is 0 Å². The Morgan fingerprint density at radius 1 is 1.30 bits per heavy atom. The van der Waals surface area contributed by atoms with Crippen LogP contribution in [0.4, 0.5) is 5.69 Å². The van der Waals surface area contributed by atoms with Crippen molar-refractivity contribution < 1.29 is 4.79 Å². The Balaban J connectivity index is 1.35. The van der Waals surface area contributed by atoms with Crippen molar-refractivity contribution in [1.29, 1.82) is 0 Å². The zero-order valence-electron chi connectivity index (χ0n) is 13.0. The number of hydrogen-bond acceptors (Lipinski definition) is 4. The van der Waals surface area contributed by atoms with Gasteiger partial charge < -0.3 is 10.6 Å².